The van der Waals surface area contributed by atoms with E-state index in [1.807, 2.05) is 84.9 Å². The molecule has 0 radical (unpaired) electrons. The number of carbonyl (C=O) groups excluding carboxylic acids is 1. The van der Waals surface area contributed by atoms with E-state index in [1.165, 1.54) is 0 Å². The number of hydrogen-bond donors (Lipinski definition) is 2. The quantitative estimate of drug-likeness (QED) is 0.522. The predicted molar refractivity (Wildman–Crippen MR) is 120 cm³/mol. The highest BCUT2D eigenvalue weighted by Crippen LogP contribution is 2.49. The third-order valence-electron chi connectivity index (χ3n) is 6.32. The van der Waals surface area contributed by atoms with E-state index in [2.05, 4.69) is 12.2 Å². The Morgan fingerprint density at radius 3 is 2.27 bits per heavy atom. The van der Waals surface area contributed by atoms with Gasteiger partial charge >= 0.3 is 0 Å². The molecule has 3 nitrogen and oxygen atoms in total. The van der Waals surface area contributed by atoms with Gasteiger partial charge in [0.15, 0.2) is 5.78 Å². The Kier molecular flexibility index (Phi) is 5.85. The minimum atomic E-state index is -1.19. The van der Waals surface area contributed by atoms with Gasteiger partial charge in [0.1, 0.15) is 5.54 Å². The first kappa shape index (κ1) is 20.5. The largest absolute Gasteiger partial charge is 0.387 e. The van der Waals surface area contributed by atoms with Crippen LogP contribution in [0.5, 0.6) is 0 Å². The van der Waals surface area contributed by atoms with Crippen molar-refractivity contribution in [3.63, 3.8) is 0 Å². The second-order valence-corrected chi connectivity index (χ2v) is 8.25. The van der Waals surface area contributed by atoms with E-state index in [9.17, 15) is 9.90 Å². The topological polar surface area (TPSA) is 49.3 Å². The van der Waals surface area contributed by atoms with Gasteiger partial charge < -0.3 is 5.11 Å². The summed E-state index contributed by atoms with van der Waals surface area (Å²) in [6.45, 7) is 2.62. The number of unbranched alkanes of at least 4 members (excludes halogenated alkanes) is 1. The number of hydrogen-bond acceptors (Lipinski definition) is 3. The van der Waals surface area contributed by atoms with Gasteiger partial charge in [-0.2, -0.15) is 0 Å². The second-order valence-electron chi connectivity index (χ2n) is 8.25. The van der Waals surface area contributed by atoms with E-state index < -0.39 is 11.1 Å². The smallest absolute Gasteiger partial charge is 0.190 e. The van der Waals surface area contributed by atoms with Gasteiger partial charge in [-0.25, -0.2) is 0 Å². The predicted octanol–water partition coefficient (Wildman–Crippen LogP) is 5.03. The van der Waals surface area contributed by atoms with Crippen molar-refractivity contribution >= 4 is 5.78 Å². The maximum atomic E-state index is 14.1. The first-order valence-corrected chi connectivity index (χ1v) is 10.8. The molecule has 2 unspecified atom stereocenters. The zero-order valence-electron chi connectivity index (χ0n) is 17.5. The standard InChI is InChI=1S/C27H29NO2/c1-2-3-18-26(30)19-23-16-10-11-17-24(23)27(26,25(29)22-14-8-5-9-15-22)28-20-21-12-6-4-7-13-21/h4-17,28,30H,2-3,18-20H2,1H3. The molecule has 0 saturated heterocycles. The fraction of sp³-hybridized carbons (Fsp3) is 0.296. The molecule has 3 aromatic rings. The Labute approximate surface area is 178 Å². The summed E-state index contributed by atoms with van der Waals surface area (Å²) in [7, 11) is 0. The molecule has 0 spiro atoms. The molecular formula is C27H29NO2. The van der Waals surface area contributed by atoms with Gasteiger partial charge in [0.05, 0.1) is 5.60 Å². The zero-order valence-corrected chi connectivity index (χ0v) is 17.5. The van der Waals surface area contributed by atoms with Crippen molar-refractivity contribution in [2.75, 3.05) is 0 Å². The van der Waals surface area contributed by atoms with E-state index in [4.69, 9.17) is 0 Å². The molecule has 2 atom stereocenters. The molecule has 0 aromatic heterocycles. The van der Waals surface area contributed by atoms with Crippen molar-refractivity contribution in [3.05, 3.63) is 107 Å². The van der Waals surface area contributed by atoms with Gasteiger partial charge in [0.2, 0.25) is 0 Å². The van der Waals surface area contributed by atoms with Crippen molar-refractivity contribution < 1.29 is 9.90 Å². The number of ketones is 1. The normalized spacial score (nSPS) is 22.6. The summed E-state index contributed by atoms with van der Waals surface area (Å²) in [5.74, 6) is -0.0671. The Hall–Kier alpha value is -2.75. The van der Waals surface area contributed by atoms with Crippen LogP contribution < -0.4 is 5.32 Å². The Morgan fingerprint density at radius 2 is 1.57 bits per heavy atom. The van der Waals surface area contributed by atoms with Crippen LogP contribution in [0.4, 0.5) is 0 Å². The lowest BCUT2D eigenvalue weighted by atomic mass is 9.71. The monoisotopic (exact) mass is 399 g/mol. The van der Waals surface area contributed by atoms with Crippen LogP contribution in [0.15, 0.2) is 84.9 Å². The van der Waals surface area contributed by atoms with Gasteiger partial charge in [-0.3, -0.25) is 10.1 Å². The number of Topliss-reactive ketones (excluding diaryl/α,β-unsaturated/α-hetero) is 1. The van der Waals surface area contributed by atoms with Gasteiger partial charge in [0, 0.05) is 18.5 Å². The average Bonchev–Trinajstić information content (AvgIpc) is 3.05. The molecule has 154 valence electrons. The fourth-order valence-electron chi connectivity index (χ4n) is 4.79. The van der Waals surface area contributed by atoms with Gasteiger partial charge in [-0.1, -0.05) is 105 Å². The number of aliphatic hydroxyl groups is 1. The molecule has 2 N–H and O–H groups in total. The average molecular weight is 400 g/mol. The number of carbonyl (C=O) groups is 1. The van der Waals surface area contributed by atoms with Crippen LogP contribution in [0.1, 0.15) is 53.2 Å². The van der Waals surface area contributed by atoms with Gasteiger partial charge in [-0.15, -0.1) is 0 Å². The minimum Gasteiger partial charge on any atom is -0.387 e. The molecule has 1 aliphatic carbocycles. The van der Waals surface area contributed by atoms with Gasteiger partial charge in [0.25, 0.3) is 0 Å². The van der Waals surface area contributed by atoms with Crippen molar-refractivity contribution in [2.24, 2.45) is 0 Å². The van der Waals surface area contributed by atoms with Crippen LogP contribution in [0.3, 0.4) is 0 Å². The Morgan fingerprint density at radius 1 is 0.933 bits per heavy atom. The lowest BCUT2D eigenvalue weighted by Gasteiger charge is -2.43. The molecule has 0 bridgehead atoms. The van der Waals surface area contributed by atoms with Crippen LogP contribution >= 0.6 is 0 Å². The number of benzene rings is 3. The first-order valence-electron chi connectivity index (χ1n) is 10.8. The summed E-state index contributed by atoms with van der Waals surface area (Å²) < 4.78 is 0. The summed E-state index contributed by atoms with van der Waals surface area (Å²) in [4.78, 5) is 14.1. The third kappa shape index (κ3) is 3.49. The number of rotatable bonds is 8. The summed E-state index contributed by atoms with van der Waals surface area (Å²) in [6, 6.07) is 27.4. The van der Waals surface area contributed by atoms with Crippen molar-refractivity contribution in [1.29, 1.82) is 0 Å². The van der Waals surface area contributed by atoms with E-state index in [0.29, 0.717) is 24.9 Å². The number of fused-ring (bicyclic) bond motifs is 1. The van der Waals surface area contributed by atoms with E-state index >= 15 is 0 Å². The number of nitrogens with one attached hydrogen (secondary N) is 1. The van der Waals surface area contributed by atoms with Crippen LogP contribution in [-0.2, 0) is 18.5 Å². The molecule has 30 heavy (non-hydrogen) atoms. The molecule has 0 saturated carbocycles. The first-order chi connectivity index (χ1) is 14.6. The highest BCUT2D eigenvalue weighted by molar-refractivity contribution is 6.05. The van der Waals surface area contributed by atoms with E-state index in [0.717, 1.165) is 29.5 Å². The zero-order chi connectivity index (χ0) is 21.0. The summed E-state index contributed by atoms with van der Waals surface area (Å²) in [5, 5.41) is 15.6. The third-order valence-corrected chi connectivity index (χ3v) is 6.32. The van der Waals surface area contributed by atoms with Crippen LogP contribution in [0.2, 0.25) is 0 Å². The maximum absolute atomic E-state index is 14.1. The van der Waals surface area contributed by atoms with Crippen LogP contribution in [0, 0.1) is 0 Å². The highest BCUT2D eigenvalue weighted by atomic mass is 16.3. The van der Waals surface area contributed by atoms with E-state index in [1.54, 1.807) is 0 Å². The Balaban J connectivity index is 1.86. The lowest BCUT2D eigenvalue weighted by molar-refractivity contribution is -0.0392. The van der Waals surface area contributed by atoms with Crippen LogP contribution in [-0.4, -0.2) is 16.5 Å². The molecule has 3 aromatic carbocycles. The van der Waals surface area contributed by atoms with Crippen molar-refractivity contribution in [3.8, 4) is 0 Å². The molecule has 3 heteroatoms. The molecule has 0 fully saturated rings. The van der Waals surface area contributed by atoms with Crippen LogP contribution in [0.25, 0.3) is 0 Å². The van der Waals surface area contributed by atoms with E-state index in [-0.39, 0.29) is 5.78 Å². The minimum absolute atomic E-state index is 0.0671. The Bertz CT molecular complexity index is 1000. The molecule has 4 rings (SSSR count). The lowest BCUT2D eigenvalue weighted by Crippen LogP contribution is -2.62. The summed E-state index contributed by atoms with van der Waals surface area (Å²) >= 11 is 0. The fourth-order valence-corrected chi connectivity index (χ4v) is 4.79. The van der Waals surface area contributed by atoms with Gasteiger partial charge in [-0.05, 0) is 23.1 Å². The molecule has 0 amide bonds. The summed E-state index contributed by atoms with van der Waals surface area (Å²) in [5.41, 5.74) is 1.27. The SMILES string of the molecule is CCCCC1(O)Cc2ccccc2C1(NCc1ccccc1)C(=O)c1ccccc1. The maximum Gasteiger partial charge on any atom is 0.190 e. The molecule has 0 heterocycles. The van der Waals surface area contributed by atoms with Crippen molar-refractivity contribution in [2.45, 2.75) is 50.3 Å². The molecule has 1 aliphatic rings. The molecular weight excluding hydrogens is 370 g/mol. The van der Waals surface area contributed by atoms with Crippen molar-refractivity contribution in [1.82, 2.24) is 5.32 Å². The highest BCUT2D eigenvalue weighted by Gasteiger charge is 2.60. The summed E-state index contributed by atoms with van der Waals surface area (Å²) in [6.07, 6.45) is 2.87. The molecule has 0 aliphatic heterocycles. The second kappa shape index (κ2) is 8.55.